The van der Waals surface area contributed by atoms with Gasteiger partial charge in [-0.2, -0.15) is 13.2 Å². The molecule has 0 bridgehead atoms. The van der Waals surface area contributed by atoms with Crippen molar-refractivity contribution in [1.82, 2.24) is 9.80 Å². The molecule has 2 saturated heterocycles. The molecule has 1 aliphatic carbocycles. The first-order valence-electron chi connectivity index (χ1n) is 12.0. The number of hydrogen-bond donors (Lipinski definition) is 2. The van der Waals surface area contributed by atoms with Crippen LogP contribution in [0.4, 0.5) is 18.9 Å². The highest BCUT2D eigenvalue weighted by Gasteiger charge is 2.51. The minimum Gasteiger partial charge on any atom is -0.394 e. The Morgan fingerprint density at radius 3 is 2.51 bits per heavy atom. The van der Waals surface area contributed by atoms with Crippen molar-refractivity contribution in [3.05, 3.63) is 28.8 Å². The molecular formula is C24H31ClF3N3O4. The second-order valence-electron chi connectivity index (χ2n) is 9.83. The number of hydrogen-bond acceptors (Lipinski definition) is 5. The number of piperidine rings is 1. The van der Waals surface area contributed by atoms with Crippen LogP contribution in [0.3, 0.4) is 0 Å². The number of carbonyl (C=O) groups is 2. The van der Waals surface area contributed by atoms with Crippen LogP contribution in [0.2, 0.25) is 5.02 Å². The van der Waals surface area contributed by atoms with E-state index in [1.165, 1.54) is 12.1 Å². The summed E-state index contributed by atoms with van der Waals surface area (Å²) in [5.74, 6) is -0.276. The Morgan fingerprint density at radius 1 is 1.17 bits per heavy atom. The number of halogens is 4. The van der Waals surface area contributed by atoms with Gasteiger partial charge in [0.1, 0.15) is 0 Å². The van der Waals surface area contributed by atoms with E-state index >= 15 is 0 Å². The molecule has 3 fully saturated rings. The first-order chi connectivity index (χ1) is 16.5. The van der Waals surface area contributed by atoms with Crippen LogP contribution in [-0.2, 0) is 15.8 Å². The molecule has 3 aliphatic rings. The molecule has 0 aromatic heterocycles. The summed E-state index contributed by atoms with van der Waals surface area (Å²) in [6.45, 7) is 1.58. The third-order valence-electron chi connectivity index (χ3n) is 7.72. The first kappa shape index (κ1) is 26.0. The van der Waals surface area contributed by atoms with Gasteiger partial charge in [0.05, 0.1) is 29.3 Å². The molecule has 35 heavy (non-hydrogen) atoms. The van der Waals surface area contributed by atoms with E-state index in [2.05, 4.69) is 0 Å². The lowest BCUT2D eigenvalue weighted by molar-refractivity contribution is -0.138. The summed E-state index contributed by atoms with van der Waals surface area (Å²) in [5, 5.41) is 19.9. The van der Waals surface area contributed by atoms with E-state index in [-0.39, 0.29) is 43.2 Å². The van der Waals surface area contributed by atoms with Gasteiger partial charge >= 0.3 is 6.18 Å². The Kier molecular flexibility index (Phi) is 7.54. The molecule has 194 valence electrons. The zero-order valence-corrected chi connectivity index (χ0v) is 20.2. The number of amides is 2. The molecule has 1 aromatic rings. The number of rotatable bonds is 6. The number of aliphatic hydroxyl groups excluding tert-OH is 2. The normalized spacial score (nSPS) is 23.4. The fourth-order valence-electron chi connectivity index (χ4n) is 5.20. The van der Waals surface area contributed by atoms with Gasteiger partial charge in [0.15, 0.2) is 0 Å². The smallest absolute Gasteiger partial charge is 0.394 e. The Balaban J connectivity index is 1.34. The van der Waals surface area contributed by atoms with Gasteiger partial charge in [0, 0.05) is 51.3 Å². The number of aliphatic hydroxyl groups is 2. The number of benzene rings is 1. The Bertz CT molecular complexity index is 956. The standard InChI is InChI=1S/C24H31ClF3N3O4/c25-19-13-16(1-3-18(19)24(26,27)28)29-9-5-22(35)31(12-11-29)17(15-32)2-4-21(34)30-10-8-23(6-7-23)20(33)14-30/h1,3,13,17,20,32-33H,2,4-12,14-15H2. The van der Waals surface area contributed by atoms with Gasteiger partial charge in [-0.05, 0) is 49.3 Å². The monoisotopic (exact) mass is 517 g/mol. The number of likely N-dealkylation sites (tertiary alicyclic amines) is 1. The summed E-state index contributed by atoms with van der Waals surface area (Å²) in [6, 6.07) is 3.00. The summed E-state index contributed by atoms with van der Waals surface area (Å²) >= 11 is 5.86. The van der Waals surface area contributed by atoms with Crippen molar-refractivity contribution in [3.8, 4) is 0 Å². The van der Waals surface area contributed by atoms with E-state index in [1.54, 1.807) is 14.7 Å². The number of β-amino-alcohol motifs (C(OH)–C–C–N with tert-alkyl or cyclic N) is 1. The Labute approximate surface area is 207 Å². The van der Waals surface area contributed by atoms with Gasteiger partial charge in [-0.3, -0.25) is 9.59 Å². The van der Waals surface area contributed by atoms with Gasteiger partial charge < -0.3 is 24.9 Å². The zero-order chi connectivity index (χ0) is 25.4. The number of alkyl halides is 3. The van der Waals surface area contributed by atoms with Crippen LogP contribution < -0.4 is 4.90 Å². The number of nitrogens with zero attached hydrogens (tertiary/aromatic N) is 3. The molecule has 2 heterocycles. The molecule has 1 spiro atoms. The third-order valence-corrected chi connectivity index (χ3v) is 8.03. The predicted molar refractivity (Wildman–Crippen MR) is 124 cm³/mol. The molecule has 11 heteroatoms. The van der Waals surface area contributed by atoms with Crippen molar-refractivity contribution in [1.29, 1.82) is 0 Å². The van der Waals surface area contributed by atoms with Crippen LogP contribution in [0.25, 0.3) is 0 Å². The maximum absolute atomic E-state index is 13.0. The van der Waals surface area contributed by atoms with E-state index in [9.17, 15) is 33.0 Å². The Hall–Kier alpha value is -2.04. The highest BCUT2D eigenvalue weighted by Crippen LogP contribution is 2.53. The largest absolute Gasteiger partial charge is 0.417 e. The predicted octanol–water partition coefficient (Wildman–Crippen LogP) is 2.91. The fourth-order valence-corrected chi connectivity index (χ4v) is 5.48. The lowest BCUT2D eigenvalue weighted by atomic mass is 9.90. The Morgan fingerprint density at radius 2 is 1.91 bits per heavy atom. The van der Waals surface area contributed by atoms with Crippen LogP contribution in [0.15, 0.2) is 18.2 Å². The van der Waals surface area contributed by atoms with Gasteiger partial charge in [-0.25, -0.2) is 0 Å². The molecule has 7 nitrogen and oxygen atoms in total. The van der Waals surface area contributed by atoms with Crippen molar-refractivity contribution in [2.45, 2.75) is 56.8 Å². The SMILES string of the molecule is O=C(CCC(CO)N1CCN(c2ccc(C(F)(F)F)c(Cl)c2)CCC1=O)N1CCC2(CC2)C(O)C1. The summed E-state index contributed by atoms with van der Waals surface area (Å²) in [4.78, 5) is 30.5. The maximum Gasteiger partial charge on any atom is 0.417 e. The van der Waals surface area contributed by atoms with Crippen molar-refractivity contribution < 1.29 is 33.0 Å². The van der Waals surface area contributed by atoms with E-state index in [0.29, 0.717) is 38.3 Å². The minimum absolute atomic E-state index is 0.00600. The quantitative estimate of drug-likeness (QED) is 0.606. The molecule has 2 unspecified atom stereocenters. The molecular weight excluding hydrogens is 487 g/mol. The zero-order valence-electron chi connectivity index (χ0n) is 19.4. The molecule has 2 atom stereocenters. The molecule has 2 aliphatic heterocycles. The third kappa shape index (κ3) is 5.70. The second-order valence-corrected chi connectivity index (χ2v) is 10.2. The molecule has 1 aromatic carbocycles. The number of anilines is 1. The average molecular weight is 518 g/mol. The van der Waals surface area contributed by atoms with Crippen molar-refractivity contribution in [3.63, 3.8) is 0 Å². The maximum atomic E-state index is 13.0. The summed E-state index contributed by atoms with van der Waals surface area (Å²) in [5.41, 5.74) is -0.411. The van der Waals surface area contributed by atoms with Crippen LogP contribution >= 0.6 is 11.6 Å². The topological polar surface area (TPSA) is 84.3 Å². The summed E-state index contributed by atoms with van der Waals surface area (Å²) in [7, 11) is 0. The van der Waals surface area contributed by atoms with Gasteiger partial charge in [0.25, 0.3) is 0 Å². The molecule has 0 radical (unpaired) electrons. The van der Waals surface area contributed by atoms with Crippen LogP contribution in [0.1, 0.15) is 44.1 Å². The second kappa shape index (κ2) is 10.1. The van der Waals surface area contributed by atoms with Crippen LogP contribution in [-0.4, -0.2) is 83.3 Å². The highest BCUT2D eigenvalue weighted by atomic mass is 35.5. The van der Waals surface area contributed by atoms with E-state index in [1.807, 2.05) is 0 Å². The molecule has 2 N–H and O–H groups in total. The molecule has 2 amide bonds. The van der Waals surface area contributed by atoms with Crippen molar-refractivity contribution in [2.75, 3.05) is 44.2 Å². The lowest BCUT2D eigenvalue weighted by Gasteiger charge is -2.37. The van der Waals surface area contributed by atoms with Crippen molar-refractivity contribution >= 4 is 29.1 Å². The van der Waals surface area contributed by atoms with Gasteiger partial charge in [0.2, 0.25) is 11.8 Å². The van der Waals surface area contributed by atoms with Crippen LogP contribution in [0.5, 0.6) is 0 Å². The number of carbonyl (C=O) groups excluding carboxylic acids is 2. The summed E-state index contributed by atoms with van der Waals surface area (Å²) in [6.07, 6.45) is -1.63. The highest BCUT2D eigenvalue weighted by molar-refractivity contribution is 6.31. The first-order valence-corrected chi connectivity index (χ1v) is 12.4. The van der Waals surface area contributed by atoms with Crippen molar-refractivity contribution in [2.24, 2.45) is 5.41 Å². The van der Waals surface area contributed by atoms with E-state index in [4.69, 9.17) is 11.6 Å². The average Bonchev–Trinajstić information content (AvgIpc) is 3.61. The minimum atomic E-state index is -4.54. The van der Waals surface area contributed by atoms with Gasteiger partial charge in [-0.1, -0.05) is 11.6 Å². The molecule has 1 saturated carbocycles. The lowest BCUT2D eigenvalue weighted by Crippen LogP contribution is -2.48. The fraction of sp³-hybridized carbons (Fsp3) is 0.667. The van der Waals surface area contributed by atoms with E-state index < -0.39 is 28.9 Å². The van der Waals surface area contributed by atoms with E-state index in [0.717, 1.165) is 25.3 Å². The summed E-state index contributed by atoms with van der Waals surface area (Å²) < 4.78 is 39.0. The van der Waals surface area contributed by atoms with Gasteiger partial charge in [-0.15, -0.1) is 0 Å². The molecule has 4 rings (SSSR count). The van der Waals surface area contributed by atoms with Crippen LogP contribution in [0, 0.1) is 5.41 Å².